The highest BCUT2D eigenvalue weighted by Crippen LogP contribution is 2.37. The van der Waals surface area contributed by atoms with Crippen LogP contribution in [0.2, 0.25) is 0 Å². The summed E-state index contributed by atoms with van der Waals surface area (Å²) in [7, 11) is 1.42. The van der Waals surface area contributed by atoms with E-state index in [1.165, 1.54) is 26.0 Å². The van der Waals surface area contributed by atoms with Crippen LogP contribution in [0.4, 0.5) is 5.69 Å². The Morgan fingerprint density at radius 2 is 2.18 bits per heavy atom. The number of methoxy groups -OCH3 is 1. The summed E-state index contributed by atoms with van der Waals surface area (Å²) < 4.78 is 5.01. The number of carbonyl (C=O) groups is 1. The number of pyridine rings is 1. The van der Waals surface area contributed by atoms with Crippen molar-refractivity contribution in [2.45, 2.75) is 31.6 Å². The Morgan fingerprint density at radius 1 is 1.53 bits per heavy atom. The summed E-state index contributed by atoms with van der Waals surface area (Å²) in [5.74, 6) is -0.584. The maximum atomic E-state index is 11.0. The Morgan fingerprint density at radius 3 is 2.71 bits per heavy atom. The van der Waals surface area contributed by atoms with Gasteiger partial charge in [-0.05, 0) is 18.9 Å². The number of hydrogen-bond acceptors (Lipinski definition) is 4. The molecule has 5 nitrogen and oxygen atoms in total. The Balaban J connectivity index is 2.44. The molecule has 1 saturated carbocycles. The molecule has 3 N–H and O–H groups in total. The first-order valence-electron chi connectivity index (χ1n) is 5.71. The molecule has 0 amide bonds. The molecular formula is C12H16N2O3. The third-order valence-corrected chi connectivity index (χ3v) is 3.21. The number of nitrogens with two attached hydrogens (primary N) is 1. The average molecular weight is 236 g/mol. The molecule has 0 aromatic carbocycles. The van der Waals surface area contributed by atoms with Crippen LogP contribution in [0, 0.1) is 0 Å². The Bertz CT molecular complexity index is 440. The van der Waals surface area contributed by atoms with E-state index in [2.05, 4.69) is 4.98 Å². The van der Waals surface area contributed by atoms with Gasteiger partial charge in [-0.15, -0.1) is 0 Å². The van der Waals surface area contributed by atoms with Crippen LogP contribution in [-0.2, 0) is 0 Å². The molecule has 0 unspecified atom stereocenters. The molecule has 1 aromatic rings. The number of carboxylic acids is 1. The molecule has 5 heteroatoms. The lowest BCUT2D eigenvalue weighted by molar-refractivity contribution is 0.0692. The van der Waals surface area contributed by atoms with Crippen molar-refractivity contribution in [2.75, 3.05) is 12.8 Å². The second-order valence-corrected chi connectivity index (χ2v) is 4.31. The van der Waals surface area contributed by atoms with E-state index in [0.29, 0.717) is 11.6 Å². The highest BCUT2D eigenvalue weighted by atomic mass is 16.5. The summed E-state index contributed by atoms with van der Waals surface area (Å²) in [6.07, 6.45) is 4.48. The van der Waals surface area contributed by atoms with E-state index in [-0.39, 0.29) is 11.4 Å². The minimum atomic E-state index is -1.07. The van der Waals surface area contributed by atoms with Gasteiger partial charge in [0.2, 0.25) is 5.88 Å². The zero-order valence-electron chi connectivity index (χ0n) is 9.77. The van der Waals surface area contributed by atoms with Crippen LogP contribution in [0.5, 0.6) is 5.88 Å². The summed E-state index contributed by atoms with van der Waals surface area (Å²) in [6, 6.07) is 1.45. The summed E-state index contributed by atoms with van der Waals surface area (Å²) in [4.78, 5) is 15.3. The summed E-state index contributed by atoms with van der Waals surface area (Å²) >= 11 is 0. The number of anilines is 1. The zero-order valence-corrected chi connectivity index (χ0v) is 9.77. The van der Waals surface area contributed by atoms with Crippen molar-refractivity contribution in [3.63, 3.8) is 0 Å². The van der Waals surface area contributed by atoms with Gasteiger partial charge in [0, 0.05) is 5.92 Å². The standard InChI is InChI=1S/C12H16N2O3/c1-17-11-8(12(15)16)6-9(13)10(14-11)7-4-2-3-5-7/h6-7H,2-5,13H2,1H3,(H,15,16). The lowest BCUT2D eigenvalue weighted by Crippen LogP contribution is -2.09. The van der Waals surface area contributed by atoms with Gasteiger partial charge >= 0.3 is 5.97 Å². The van der Waals surface area contributed by atoms with Gasteiger partial charge in [0.15, 0.2) is 0 Å². The molecule has 2 rings (SSSR count). The van der Waals surface area contributed by atoms with Crippen LogP contribution in [-0.4, -0.2) is 23.2 Å². The number of ether oxygens (including phenoxy) is 1. The SMILES string of the molecule is COc1nc(C2CCCC2)c(N)cc1C(=O)O. The van der Waals surface area contributed by atoms with Crippen molar-refractivity contribution in [1.29, 1.82) is 0 Å². The third-order valence-electron chi connectivity index (χ3n) is 3.21. The fourth-order valence-electron chi connectivity index (χ4n) is 2.36. The predicted molar refractivity (Wildman–Crippen MR) is 63.4 cm³/mol. The number of carboxylic acid groups (broad SMARTS) is 1. The first-order valence-corrected chi connectivity index (χ1v) is 5.71. The van der Waals surface area contributed by atoms with Gasteiger partial charge in [0.05, 0.1) is 18.5 Å². The summed E-state index contributed by atoms with van der Waals surface area (Å²) in [6.45, 7) is 0. The second kappa shape index (κ2) is 4.61. The van der Waals surface area contributed by atoms with Gasteiger partial charge in [0.25, 0.3) is 0 Å². The van der Waals surface area contributed by atoms with Crippen LogP contribution in [0.1, 0.15) is 47.7 Å². The minimum absolute atomic E-state index is 0.0201. The number of hydrogen-bond donors (Lipinski definition) is 2. The number of aromatic carboxylic acids is 1. The number of nitrogens with zero attached hydrogens (tertiary/aromatic N) is 1. The fraction of sp³-hybridized carbons (Fsp3) is 0.500. The normalized spacial score (nSPS) is 16.1. The smallest absolute Gasteiger partial charge is 0.341 e. The van der Waals surface area contributed by atoms with Crippen LogP contribution in [0.15, 0.2) is 6.07 Å². The van der Waals surface area contributed by atoms with Gasteiger partial charge < -0.3 is 15.6 Å². The Kier molecular flexibility index (Phi) is 3.17. The van der Waals surface area contributed by atoms with E-state index in [4.69, 9.17) is 15.6 Å². The fourth-order valence-corrected chi connectivity index (χ4v) is 2.36. The van der Waals surface area contributed by atoms with Gasteiger partial charge in [0.1, 0.15) is 5.56 Å². The van der Waals surface area contributed by atoms with E-state index < -0.39 is 5.97 Å². The van der Waals surface area contributed by atoms with E-state index >= 15 is 0 Å². The lowest BCUT2D eigenvalue weighted by Gasteiger charge is -2.14. The molecule has 1 aliphatic rings. The van der Waals surface area contributed by atoms with Crippen LogP contribution in [0.25, 0.3) is 0 Å². The first kappa shape index (κ1) is 11.7. The number of aromatic nitrogens is 1. The molecule has 1 fully saturated rings. The quantitative estimate of drug-likeness (QED) is 0.838. The third kappa shape index (κ3) is 2.18. The van der Waals surface area contributed by atoms with Gasteiger partial charge in [-0.3, -0.25) is 0 Å². The second-order valence-electron chi connectivity index (χ2n) is 4.31. The summed E-state index contributed by atoms with van der Waals surface area (Å²) in [5, 5.41) is 9.00. The van der Waals surface area contributed by atoms with Gasteiger partial charge in [-0.2, -0.15) is 0 Å². The Labute approximate surface area is 99.6 Å². The minimum Gasteiger partial charge on any atom is -0.480 e. The Hall–Kier alpha value is -1.78. The van der Waals surface area contributed by atoms with Gasteiger partial charge in [-0.1, -0.05) is 12.8 Å². The molecule has 0 aliphatic heterocycles. The van der Waals surface area contributed by atoms with Crippen molar-refractivity contribution in [2.24, 2.45) is 0 Å². The zero-order chi connectivity index (χ0) is 12.4. The molecule has 0 bridgehead atoms. The molecule has 0 saturated heterocycles. The molecule has 0 radical (unpaired) electrons. The number of rotatable bonds is 3. The summed E-state index contributed by atoms with van der Waals surface area (Å²) in [5.41, 5.74) is 7.14. The van der Waals surface area contributed by atoms with E-state index in [1.807, 2.05) is 0 Å². The van der Waals surface area contributed by atoms with E-state index in [0.717, 1.165) is 18.5 Å². The maximum Gasteiger partial charge on any atom is 0.341 e. The molecular weight excluding hydrogens is 220 g/mol. The number of nitrogen functional groups attached to an aromatic ring is 1. The van der Waals surface area contributed by atoms with Crippen molar-refractivity contribution in [3.8, 4) is 5.88 Å². The molecule has 92 valence electrons. The first-order chi connectivity index (χ1) is 8.13. The van der Waals surface area contributed by atoms with E-state index in [9.17, 15) is 4.79 Å². The molecule has 0 spiro atoms. The van der Waals surface area contributed by atoms with Crippen molar-refractivity contribution < 1.29 is 14.6 Å². The van der Waals surface area contributed by atoms with Crippen LogP contribution >= 0.6 is 0 Å². The van der Waals surface area contributed by atoms with Crippen LogP contribution < -0.4 is 10.5 Å². The largest absolute Gasteiger partial charge is 0.480 e. The average Bonchev–Trinajstić information content (AvgIpc) is 2.82. The maximum absolute atomic E-state index is 11.0. The highest BCUT2D eigenvalue weighted by Gasteiger charge is 2.24. The van der Waals surface area contributed by atoms with E-state index in [1.54, 1.807) is 0 Å². The monoisotopic (exact) mass is 236 g/mol. The molecule has 17 heavy (non-hydrogen) atoms. The van der Waals surface area contributed by atoms with Crippen molar-refractivity contribution >= 4 is 11.7 Å². The van der Waals surface area contributed by atoms with Crippen molar-refractivity contribution in [1.82, 2.24) is 4.98 Å². The highest BCUT2D eigenvalue weighted by molar-refractivity contribution is 5.91. The predicted octanol–water partition coefficient (Wildman–Crippen LogP) is 2.03. The molecule has 1 aromatic heterocycles. The molecule has 1 heterocycles. The van der Waals surface area contributed by atoms with Crippen molar-refractivity contribution in [3.05, 3.63) is 17.3 Å². The molecule has 1 aliphatic carbocycles. The molecule has 0 atom stereocenters. The van der Waals surface area contributed by atoms with Crippen LogP contribution in [0.3, 0.4) is 0 Å². The topological polar surface area (TPSA) is 85.4 Å². The lowest BCUT2D eigenvalue weighted by atomic mass is 10.0. The van der Waals surface area contributed by atoms with Gasteiger partial charge in [-0.25, -0.2) is 9.78 Å².